The lowest BCUT2D eigenvalue weighted by Crippen LogP contribution is -2.23. The summed E-state index contributed by atoms with van der Waals surface area (Å²) in [5.74, 6) is 0. The smallest absolute Gasteiger partial charge is 0.0384 e. The van der Waals surface area contributed by atoms with Gasteiger partial charge >= 0.3 is 0 Å². The number of rotatable bonds is 7. The maximum absolute atomic E-state index is 2.56. The number of allylic oxidation sites excluding steroid dienone is 4. The van der Waals surface area contributed by atoms with Gasteiger partial charge < -0.3 is 0 Å². The Morgan fingerprint density at radius 2 is 1.15 bits per heavy atom. The number of hydrogen-bond acceptors (Lipinski definition) is 0. The van der Waals surface area contributed by atoms with E-state index in [1.54, 1.807) is 10.9 Å². The molecule has 0 aromatic heterocycles. The lowest BCUT2D eigenvalue weighted by molar-refractivity contribution is 0.508. The van der Waals surface area contributed by atoms with Crippen LogP contribution in [0.3, 0.4) is 0 Å². The SMILES string of the molecule is CC1=C(c2ccccc2C)[C]([P@@](C2CCCCC2)[P@@](c2ccc(-c3ccccc3)cc2)C2CCCCC2)CC=C1. The fraction of sp³-hybridized carbons (Fsp3) is 0.395. The summed E-state index contributed by atoms with van der Waals surface area (Å²) in [4.78, 5) is 0. The molecule has 0 nitrogen and oxygen atoms in total. The molecule has 3 aliphatic carbocycles. The minimum Gasteiger partial charge on any atom is -0.0830 e. The van der Waals surface area contributed by atoms with Gasteiger partial charge in [0.25, 0.3) is 0 Å². The fourth-order valence-electron chi connectivity index (χ4n) is 7.32. The Kier molecular flexibility index (Phi) is 9.37. The second kappa shape index (κ2) is 13.3. The Hall–Kier alpha value is -2.00. The van der Waals surface area contributed by atoms with E-state index in [-0.39, 0.29) is 15.2 Å². The molecule has 2 saturated carbocycles. The largest absolute Gasteiger partial charge is 0.0830 e. The van der Waals surface area contributed by atoms with Gasteiger partial charge in [-0.05, 0) is 104 Å². The molecule has 0 saturated heterocycles. The van der Waals surface area contributed by atoms with Crippen molar-refractivity contribution in [3.8, 4) is 11.1 Å². The maximum Gasteiger partial charge on any atom is 0.0384 e. The summed E-state index contributed by atoms with van der Waals surface area (Å²) >= 11 is 0. The van der Waals surface area contributed by atoms with E-state index in [0.717, 1.165) is 17.7 Å². The van der Waals surface area contributed by atoms with E-state index in [0.29, 0.717) is 0 Å². The summed E-state index contributed by atoms with van der Waals surface area (Å²) in [5.41, 5.74) is 12.3. The summed E-state index contributed by atoms with van der Waals surface area (Å²) in [6, 6.07) is 30.1. The lowest BCUT2D eigenvalue weighted by Gasteiger charge is -2.47. The van der Waals surface area contributed by atoms with E-state index >= 15 is 0 Å². The van der Waals surface area contributed by atoms with Gasteiger partial charge in [0, 0.05) is 5.66 Å². The van der Waals surface area contributed by atoms with Crippen molar-refractivity contribution in [2.75, 3.05) is 0 Å². The molecular weight excluding hydrogens is 518 g/mol. The van der Waals surface area contributed by atoms with E-state index in [1.807, 2.05) is 5.66 Å². The van der Waals surface area contributed by atoms with Gasteiger partial charge in [0.2, 0.25) is 0 Å². The molecule has 0 heterocycles. The zero-order valence-electron chi connectivity index (χ0n) is 24.5. The molecule has 207 valence electrons. The van der Waals surface area contributed by atoms with Crippen molar-refractivity contribution in [2.24, 2.45) is 0 Å². The molecule has 3 aromatic carbocycles. The highest BCUT2D eigenvalue weighted by Crippen LogP contribution is 2.83. The molecule has 1 radical (unpaired) electrons. The lowest BCUT2D eigenvalue weighted by atomic mass is 9.89. The Labute approximate surface area is 245 Å². The molecule has 3 aliphatic rings. The monoisotopic (exact) mass is 563 g/mol. The minimum atomic E-state index is -0.253. The van der Waals surface area contributed by atoms with Crippen LogP contribution < -0.4 is 5.30 Å². The summed E-state index contributed by atoms with van der Waals surface area (Å²) in [7, 11) is -0.503. The Bertz CT molecular complexity index is 1310. The highest BCUT2D eigenvalue weighted by molar-refractivity contribution is 8.34. The number of benzene rings is 3. The second-order valence-corrected chi connectivity index (χ2v) is 18.6. The molecule has 3 aromatic rings. The number of hydrogen-bond donors (Lipinski definition) is 0. The zero-order chi connectivity index (χ0) is 27.3. The van der Waals surface area contributed by atoms with Crippen LogP contribution in [-0.4, -0.2) is 11.3 Å². The predicted molar refractivity (Wildman–Crippen MR) is 180 cm³/mol. The highest BCUT2D eigenvalue weighted by Gasteiger charge is 2.43. The Morgan fingerprint density at radius 3 is 1.80 bits per heavy atom. The van der Waals surface area contributed by atoms with Gasteiger partial charge in [-0.2, -0.15) is 0 Å². The van der Waals surface area contributed by atoms with E-state index in [4.69, 9.17) is 0 Å². The van der Waals surface area contributed by atoms with Crippen LogP contribution in [0.4, 0.5) is 0 Å². The van der Waals surface area contributed by atoms with Crippen molar-refractivity contribution in [1.82, 2.24) is 0 Å². The third-order valence-electron chi connectivity index (χ3n) is 9.37. The zero-order valence-corrected chi connectivity index (χ0v) is 26.3. The minimum absolute atomic E-state index is 0.250. The second-order valence-electron chi connectivity index (χ2n) is 12.1. The summed E-state index contributed by atoms with van der Waals surface area (Å²) in [5, 5.41) is 1.68. The van der Waals surface area contributed by atoms with Crippen LogP contribution in [0.5, 0.6) is 0 Å². The van der Waals surface area contributed by atoms with Crippen molar-refractivity contribution in [3.63, 3.8) is 0 Å². The summed E-state index contributed by atoms with van der Waals surface area (Å²) in [6.07, 6.45) is 20.4. The molecule has 2 heteroatoms. The molecule has 40 heavy (non-hydrogen) atoms. The first-order chi connectivity index (χ1) is 19.7. The third kappa shape index (κ3) is 6.10. The molecule has 2 atom stereocenters. The van der Waals surface area contributed by atoms with E-state index in [2.05, 4.69) is 105 Å². The molecule has 0 bridgehead atoms. The van der Waals surface area contributed by atoms with E-state index < -0.39 is 0 Å². The van der Waals surface area contributed by atoms with Gasteiger partial charge in [0.1, 0.15) is 0 Å². The molecule has 6 rings (SSSR count). The van der Waals surface area contributed by atoms with Crippen molar-refractivity contribution >= 4 is 26.1 Å². The van der Waals surface area contributed by atoms with Crippen LogP contribution in [0.25, 0.3) is 16.7 Å². The van der Waals surface area contributed by atoms with Crippen LogP contribution in [0.1, 0.15) is 88.7 Å². The van der Waals surface area contributed by atoms with Gasteiger partial charge in [0.05, 0.1) is 0 Å². The summed E-state index contributed by atoms with van der Waals surface area (Å²) in [6.45, 7) is 4.70. The first-order valence-corrected chi connectivity index (χ1v) is 19.3. The third-order valence-corrected chi connectivity index (χ3v) is 18.8. The van der Waals surface area contributed by atoms with Crippen molar-refractivity contribution in [3.05, 3.63) is 113 Å². The highest BCUT2D eigenvalue weighted by atomic mass is 32.1. The van der Waals surface area contributed by atoms with E-state index in [1.165, 1.54) is 92.0 Å². The predicted octanol–water partition coefficient (Wildman–Crippen LogP) is 11.8. The maximum atomic E-state index is 2.56. The van der Waals surface area contributed by atoms with Gasteiger partial charge in [-0.25, -0.2) is 0 Å². The Morgan fingerprint density at radius 1 is 0.575 bits per heavy atom. The molecule has 0 unspecified atom stereocenters. The van der Waals surface area contributed by atoms with Crippen LogP contribution in [-0.2, 0) is 0 Å². The van der Waals surface area contributed by atoms with Gasteiger partial charge in [-0.3, -0.25) is 0 Å². The molecular formula is C38H45P2. The van der Waals surface area contributed by atoms with Crippen molar-refractivity contribution < 1.29 is 0 Å². The van der Waals surface area contributed by atoms with Crippen LogP contribution in [0, 0.1) is 12.6 Å². The van der Waals surface area contributed by atoms with Crippen LogP contribution in [0.15, 0.2) is 96.6 Å². The van der Waals surface area contributed by atoms with Crippen molar-refractivity contribution in [1.29, 1.82) is 0 Å². The standard InChI is InChI=1S/C38H45P2/c1-29-15-12-13-23-36(29)38-30(2)16-14-24-37(38)40(34-21-10-5-11-22-34)39(33-19-8-4-9-20-33)35-27-25-32(26-28-35)31-17-6-3-7-18-31/h3,6-7,12-18,23,25-28,33-34H,4-5,8-11,19-22,24H2,1-2H3/t39-,40-/m1/s1. The quantitative estimate of drug-likeness (QED) is 0.251. The molecule has 0 amide bonds. The molecule has 0 N–H and O–H groups in total. The van der Waals surface area contributed by atoms with Crippen LogP contribution >= 0.6 is 15.2 Å². The molecule has 0 spiro atoms. The number of aryl methyl sites for hydroxylation is 1. The van der Waals surface area contributed by atoms with Crippen LogP contribution in [0.2, 0.25) is 0 Å². The van der Waals surface area contributed by atoms with Crippen molar-refractivity contribution in [2.45, 2.75) is 95.8 Å². The first kappa shape index (κ1) is 28.1. The Balaban J connectivity index is 1.46. The first-order valence-electron chi connectivity index (χ1n) is 15.7. The molecule has 0 aliphatic heterocycles. The van der Waals surface area contributed by atoms with Gasteiger partial charge in [-0.15, -0.1) is 0 Å². The average Bonchev–Trinajstić information content (AvgIpc) is 3.02. The normalized spacial score (nSPS) is 20.9. The average molecular weight is 564 g/mol. The molecule has 2 fully saturated rings. The van der Waals surface area contributed by atoms with Gasteiger partial charge in [-0.1, -0.05) is 137 Å². The summed E-state index contributed by atoms with van der Waals surface area (Å²) < 4.78 is 0. The van der Waals surface area contributed by atoms with E-state index in [9.17, 15) is 0 Å². The fourth-order valence-corrected chi connectivity index (χ4v) is 18.3. The topological polar surface area (TPSA) is 0 Å². The van der Waals surface area contributed by atoms with Gasteiger partial charge in [0.15, 0.2) is 0 Å².